The number of phenols is 1. The molecule has 6 atom stereocenters. The Hall–Kier alpha value is -4.40. The lowest BCUT2D eigenvalue weighted by Gasteiger charge is -2.54. The molecule has 1 aliphatic heterocycles. The van der Waals surface area contributed by atoms with Crippen molar-refractivity contribution in [2.24, 2.45) is 29.1 Å². The van der Waals surface area contributed by atoms with Gasteiger partial charge in [0.15, 0.2) is 11.6 Å². The van der Waals surface area contributed by atoms with Crippen LogP contribution in [0.2, 0.25) is 0 Å². The number of Topliss-reactive ketones (excluding diaryl/α,β-unsaturated/α-hetero) is 2. The van der Waals surface area contributed by atoms with E-state index >= 15 is 0 Å². The van der Waals surface area contributed by atoms with Crippen molar-refractivity contribution < 1.29 is 29.2 Å². The molecule has 3 aliphatic carbocycles. The molecule has 2 amide bonds. The van der Waals surface area contributed by atoms with Crippen molar-refractivity contribution in [1.29, 1.82) is 0 Å². The van der Waals surface area contributed by atoms with Gasteiger partial charge >= 0.3 is 0 Å². The number of rotatable bonds is 3. The Labute approximate surface area is 230 Å². The maximum atomic E-state index is 14.0. The summed E-state index contributed by atoms with van der Waals surface area (Å²) < 4.78 is 0. The van der Waals surface area contributed by atoms with Gasteiger partial charge in [0.25, 0.3) is 5.69 Å². The number of phenolic OH excluding ortho intramolecular Hbond substituents is 1. The maximum Gasteiger partial charge on any atom is 0.269 e. The molecule has 0 radical (unpaired) electrons. The molecule has 4 aliphatic rings. The molecule has 1 saturated heterocycles. The molecular formula is C31H28N2O7. The molecule has 1 N–H and O–H groups in total. The van der Waals surface area contributed by atoms with Crippen molar-refractivity contribution in [2.45, 2.75) is 39.5 Å². The van der Waals surface area contributed by atoms with Crippen LogP contribution in [-0.4, -0.2) is 33.4 Å². The third kappa shape index (κ3) is 3.39. The fourth-order valence-corrected chi connectivity index (χ4v) is 7.60. The fraction of sp³-hybridized carbons (Fsp3) is 0.355. The molecule has 2 aromatic rings. The van der Waals surface area contributed by atoms with Gasteiger partial charge in [0.2, 0.25) is 11.8 Å². The first kappa shape index (κ1) is 25.9. The van der Waals surface area contributed by atoms with Crippen molar-refractivity contribution in [2.75, 3.05) is 4.90 Å². The fourth-order valence-electron chi connectivity index (χ4n) is 7.60. The van der Waals surface area contributed by atoms with Crippen LogP contribution in [0.3, 0.4) is 0 Å². The summed E-state index contributed by atoms with van der Waals surface area (Å²) in [7, 11) is 0. The number of nitrogens with zero attached hydrogens (tertiary/aromatic N) is 2. The Balaban J connectivity index is 1.47. The number of nitro groups is 1. The summed E-state index contributed by atoms with van der Waals surface area (Å²) in [6, 6.07) is 11.9. The van der Waals surface area contributed by atoms with E-state index < -0.39 is 45.8 Å². The highest BCUT2D eigenvalue weighted by Gasteiger charge is 2.64. The summed E-state index contributed by atoms with van der Waals surface area (Å²) in [4.78, 5) is 66.9. The number of benzene rings is 2. The number of allylic oxidation sites excluding steroid dienone is 4. The zero-order valence-electron chi connectivity index (χ0n) is 22.3. The molecule has 40 heavy (non-hydrogen) atoms. The van der Waals surface area contributed by atoms with E-state index in [-0.39, 0.29) is 41.0 Å². The standard InChI is InChI=1S/C31H28N2O7/c1-15-16(2)28(36)31(3)24(27(15)35)14-23-21(26(31)17-4-10-20(34)11-5-17)12-13-22-25(23)30(38)32(29(22)37)18-6-8-19(9-7-18)33(39)40/h4-12,22-26,34H,13-14H2,1-3H3/t22-,23+,24-,25-,26-,31+/m0/s1. The van der Waals surface area contributed by atoms with Crippen molar-refractivity contribution in [3.8, 4) is 5.75 Å². The van der Waals surface area contributed by atoms with Crippen LogP contribution in [0, 0.1) is 39.2 Å². The first-order chi connectivity index (χ1) is 19.0. The lowest BCUT2D eigenvalue weighted by atomic mass is 9.46. The van der Waals surface area contributed by atoms with E-state index in [1.54, 1.807) is 38.1 Å². The Morgan fingerprint density at radius 1 is 0.925 bits per heavy atom. The predicted octanol–water partition coefficient (Wildman–Crippen LogP) is 4.65. The van der Waals surface area contributed by atoms with E-state index in [4.69, 9.17) is 0 Å². The Bertz CT molecular complexity index is 1570. The molecule has 6 rings (SSSR count). The largest absolute Gasteiger partial charge is 0.508 e. The summed E-state index contributed by atoms with van der Waals surface area (Å²) in [5.41, 5.74) is 1.53. The van der Waals surface area contributed by atoms with Gasteiger partial charge in [-0.1, -0.05) is 30.7 Å². The Kier molecular flexibility index (Phi) is 5.69. The molecule has 0 unspecified atom stereocenters. The Morgan fingerprint density at radius 2 is 1.57 bits per heavy atom. The predicted molar refractivity (Wildman–Crippen MR) is 144 cm³/mol. The second kappa shape index (κ2) is 8.81. The SMILES string of the molecule is CC1=C(C)C(=O)[C@@]2(C)[C@@H](c3ccc(O)cc3)C3=CC[C@@H]4C(=O)N(c5ccc([N+](=O)[O-])cc5)C(=O)[C@@H]4[C@@H]3C[C@H]2C1=O. The number of ketones is 2. The van der Waals surface area contributed by atoms with Crippen LogP contribution in [0.25, 0.3) is 0 Å². The number of amides is 2. The average Bonchev–Trinajstić information content (AvgIpc) is 3.20. The van der Waals surface area contributed by atoms with Gasteiger partial charge in [0.1, 0.15) is 5.75 Å². The van der Waals surface area contributed by atoms with E-state index in [0.29, 0.717) is 17.6 Å². The number of non-ortho nitro benzene ring substituents is 1. The summed E-state index contributed by atoms with van der Waals surface area (Å²) in [5, 5.41) is 21.1. The minimum Gasteiger partial charge on any atom is -0.508 e. The minimum absolute atomic E-state index is 0.0729. The van der Waals surface area contributed by atoms with Crippen molar-refractivity contribution in [3.63, 3.8) is 0 Å². The first-order valence-electron chi connectivity index (χ1n) is 13.3. The van der Waals surface area contributed by atoms with Gasteiger partial charge < -0.3 is 5.11 Å². The van der Waals surface area contributed by atoms with Crippen LogP contribution in [0.1, 0.15) is 45.1 Å². The number of anilines is 1. The molecule has 1 saturated carbocycles. The molecule has 2 fully saturated rings. The molecule has 9 heteroatoms. The molecule has 0 aromatic heterocycles. The monoisotopic (exact) mass is 540 g/mol. The number of hydrogen-bond acceptors (Lipinski definition) is 7. The second-order valence-electron chi connectivity index (χ2n) is 11.5. The number of imide groups is 1. The molecule has 2 aromatic carbocycles. The van der Waals surface area contributed by atoms with Crippen molar-refractivity contribution >= 4 is 34.8 Å². The molecule has 0 spiro atoms. The summed E-state index contributed by atoms with van der Waals surface area (Å²) in [6.07, 6.45) is 2.53. The van der Waals surface area contributed by atoms with Gasteiger partial charge in [-0.2, -0.15) is 0 Å². The average molecular weight is 541 g/mol. The van der Waals surface area contributed by atoms with Crippen LogP contribution in [0.5, 0.6) is 5.75 Å². The zero-order valence-corrected chi connectivity index (χ0v) is 22.3. The molecule has 9 nitrogen and oxygen atoms in total. The quantitative estimate of drug-likeness (QED) is 0.259. The van der Waals surface area contributed by atoms with E-state index in [1.165, 1.54) is 24.3 Å². The summed E-state index contributed by atoms with van der Waals surface area (Å²) >= 11 is 0. The van der Waals surface area contributed by atoms with Crippen molar-refractivity contribution in [1.82, 2.24) is 0 Å². The topological polar surface area (TPSA) is 135 Å². The van der Waals surface area contributed by atoms with E-state index in [0.717, 1.165) is 16.0 Å². The van der Waals surface area contributed by atoms with Crippen molar-refractivity contribution in [3.05, 3.63) is 87.0 Å². The second-order valence-corrected chi connectivity index (χ2v) is 11.5. The summed E-state index contributed by atoms with van der Waals surface area (Å²) in [5.74, 6) is -3.91. The lowest BCUT2D eigenvalue weighted by molar-refractivity contribution is -0.384. The zero-order chi connectivity index (χ0) is 28.7. The number of aromatic hydroxyl groups is 1. The highest BCUT2D eigenvalue weighted by Crippen LogP contribution is 2.63. The van der Waals surface area contributed by atoms with Gasteiger partial charge in [0.05, 0.1) is 27.9 Å². The third-order valence-corrected chi connectivity index (χ3v) is 9.72. The summed E-state index contributed by atoms with van der Waals surface area (Å²) in [6.45, 7) is 5.18. The van der Waals surface area contributed by atoms with Gasteiger partial charge in [-0.05, 0) is 73.6 Å². The van der Waals surface area contributed by atoms with Gasteiger partial charge in [-0.25, -0.2) is 0 Å². The number of carbonyl (C=O) groups excluding carboxylic acids is 4. The van der Waals surface area contributed by atoms with E-state index in [1.807, 2.05) is 13.0 Å². The van der Waals surface area contributed by atoms with Crippen LogP contribution in [0.15, 0.2) is 71.3 Å². The lowest BCUT2D eigenvalue weighted by Crippen LogP contribution is -2.55. The molecule has 204 valence electrons. The minimum atomic E-state index is -1.09. The number of hydrogen-bond donors (Lipinski definition) is 1. The van der Waals surface area contributed by atoms with Gasteiger partial charge in [0, 0.05) is 24.0 Å². The smallest absolute Gasteiger partial charge is 0.269 e. The van der Waals surface area contributed by atoms with E-state index in [9.17, 15) is 34.4 Å². The molecule has 1 heterocycles. The number of carbonyl (C=O) groups is 4. The maximum absolute atomic E-state index is 14.0. The van der Waals surface area contributed by atoms with Crippen LogP contribution in [-0.2, 0) is 19.2 Å². The van der Waals surface area contributed by atoms with Gasteiger partial charge in [-0.3, -0.25) is 34.2 Å². The Morgan fingerprint density at radius 3 is 2.20 bits per heavy atom. The van der Waals surface area contributed by atoms with E-state index in [2.05, 4.69) is 0 Å². The highest BCUT2D eigenvalue weighted by molar-refractivity contribution is 6.22. The van der Waals surface area contributed by atoms with Crippen LogP contribution >= 0.6 is 0 Å². The molecular weight excluding hydrogens is 512 g/mol. The third-order valence-electron chi connectivity index (χ3n) is 9.72. The van der Waals surface area contributed by atoms with Crippen LogP contribution in [0.4, 0.5) is 11.4 Å². The normalized spacial score (nSPS) is 31.5. The first-order valence-corrected chi connectivity index (χ1v) is 13.3. The molecule has 0 bridgehead atoms. The van der Waals surface area contributed by atoms with Gasteiger partial charge in [-0.15, -0.1) is 0 Å². The number of fused-ring (bicyclic) bond motifs is 4. The highest BCUT2D eigenvalue weighted by atomic mass is 16.6. The van der Waals surface area contributed by atoms with Crippen LogP contribution < -0.4 is 4.90 Å². The number of nitro benzene ring substituents is 1.